The summed E-state index contributed by atoms with van der Waals surface area (Å²) in [6.45, 7) is 4.05. The van der Waals surface area contributed by atoms with Gasteiger partial charge in [0.05, 0.1) is 5.69 Å². The molecule has 5 rings (SSSR count). The van der Waals surface area contributed by atoms with E-state index in [9.17, 15) is 4.79 Å². The molecule has 4 aromatic rings. The lowest BCUT2D eigenvalue weighted by Crippen LogP contribution is -2.38. The summed E-state index contributed by atoms with van der Waals surface area (Å²) in [7, 11) is 0. The Hall–Kier alpha value is -4.38. The molecule has 1 aliphatic rings. The fourth-order valence-corrected chi connectivity index (χ4v) is 4.25. The maximum atomic E-state index is 12.8. The first-order valence-corrected chi connectivity index (χ1v) is 11.7. The molecule has 1 heterocycles. The van der Waals surface area contributed by atoms with Crippen LogP contribution in [-0.2, 0) is 11.4 Å². The Labute approximate surface area is 205 Å². The van der Waals surface area contributed by atoms with Crippen molar-refractivity contribution in [3.8, 4) is 5.75 Å². The second-order valence-corrected chi connectivity index (χ2v) is 8.55. The number of Topliss-reactive ketones (excluding diaryl/α,β-unsaturated/α-hetero) is 1. The van der Waals surface area contributed by atoms with Gasteiger partial charge in [0.1, 0.15) is 12.4 Å². The Morgan fingerprint density at radius 2 is 1.43 bits per heavy atom. The van der Waals surface area contributed by atoms with Crippen LogP contribution in [0.2, 0.25) is 0 Å². The number of carbonyl (C=O) groups excluding carboxylic acids is 1. The molecule has 35 heavy (non-hydrogen) atoms. The number of nitrogens with zero attached hydrogens (tertiary/aromatic N) is 3. The minimum Gasteiger partial charge on any atom is -0.488 e. The zero-order valence-corrected chi connectivity index (χ0v) is 19.8. The van der Waals surface area contributed by atoms with Crippen molar-refractivity contribution >= 4 is 23.0 Å². The van der Waals surface area contributed by atoms with Crippen LogP contribution in [0.5, 0.6) is 5.75 Å². The molecule has 1 aliphatic heterocycles. The van der Waals surface area contributed by atoms with E-state index in [2.05, 4.69) is 0 Å². The van der Waals surface area contributed by atoms with Gasteiger partial charge in [0.25, 0.3) is 0 Å². The molecule has 5 nitrogen and oxygen atoms in total. The maximum absolute atomic E-state index is 12.8. The normalized spacial score (nSPS) is 15.1. The van der Waals surface area contributed by atoms with Gasteiger partial charge < -0.3 is 4.74 Å². The smallest absolute Gasteiger partial charge is 0.198 e. The van der Waals surface area contributed by atoms with Crippen molar-refractivity contribution in [1.29, 1.82) is 0 Å². The highest BCUT2D eigenvalue weighted by molar-refractivity contribution is 6.44. The molecule has 0 spiro atoms. The van der Waals surface area contributed by atoms with Crippen molar-refractivity contribution in [2.24, 2.45) is 5.10 Å². The first-order chi connectivity index (χ1) is 17.1. The number of carbonyl (C=O) groups is 1. The van der Waals surface area contributed by atoms with E-state index in [-0.39, 0.29) is 5.78 Å². The van der Waals surface area contributed by atoms with Crippen molar-refractivity contribution < 1.29 is 9.53 Å². The van der Waals surface area contributed by atoms with Crippen LogP contribution in [0.3, 0.4) is 0 Å². The van der Waals surface area contributed by atoms with Crippen LogP contribution >= 0.6 is 0 Å². The molecule has 174 valence electrons. The summed E-state index contributed by atoms with van der Waals surface area (Å²) in [4.78, 5) is 14.8. The molecule has 0 fully saturated rings. The molecular formula is C30H27N3O2. The number of hydrazone groups is 1. The molecule has 0 amide bonds. The zero-order chi connectivity index (χ0) is 24.2. The molecule has 5 heteroatoms. The summed E-state index contributed by atoms with van der Waals surface area (Å²) in [5, 5.41) is 6.73. The van der Waals surface area contributed by atoms with E-state index < -0.39 is 6.17 Å². The van der Waals surface area contributed by atoms with Crippen LogP contribution in [0.4, 0.5) is 11.4 Å². The Kier molecular flexibility index (Phi) is 6.31. The van der Waals surface area contributed by atoms with Crippen molar-refractivity contribution in [2.75, 3.05) is 9.91 Å². The molecular weight excluding hydrogens is 434 g/mol. The van der Waals surface area contributed by atoms with Crippen LogP contribution in [0.25, 0.3) is 0 Å². The van der Waals surface area contributed by atoms with Gasteiger partial charge in [0.15, 0.2) is 17.8 Å². The minimum absolute atomic E-state index is 0.100. The summed E-state index contributed by atoms with van der Waals surface area (Å²) < 4.78 is 6.33. The summed E-state index contributed by atoms with van der Waals surface area (Å²) in [6.07, 6.45) is -0.397. The molecule has 1 atom stereocenters. The van der Waals surface area contributed by atoms with Gasteiger partial charge in [-0.15, -0.1) is 5.10 Å². The van der Waals surface area contributed by atoms with Crippen molar-refractivity contribution in [1.82, 2.24) is 0 Å². The Morgan fingerprint density at radius 1 is 0.800 bits per heavy atom. The zero-order valence-electron chi connectivity index (χ0n) is 19.8. The van der Waals surface area contributed by atoms with Crippen molar-refractivity contribution in [3.63, 3.8) is 0 Å². The van der Waals surface area contributed by atoms with Crippen molar-refractivity contribution in [2.45, 2.75) is 26.6 Å². The number of hydrogen-bond acceptors (Lipinski definition) is 5. The van der Waals surface area contributed by atoms with Gasteiger partial charge in [0.2, 0.25) is 0 Å². The summed E-state index contributed by atoms with van der Waals surface area (Å²) in [5.74, 6) is 1.04. The van der Waals surface area contributed by atoms with Gasteiger partial charge >= 0.3 is 0 Å². The molecule has 4 aromatic carbocycles. The Morgan fingerprint density at radius 3 is 2.11 bits per heavy atom. The average molecular weight is 462 g/mol. The fourth-order valence-electron chi connectivity index (χ4n) is 4.25. The van der Waals surface area contributed by atoms with Gasteiger partial charge in [-0.2, -0.15) is 0 Å². The summed E-state index contributed by atoms with van der Waals surface area (Å²) >= 11 is 0. The van der Waals surface area contributed by atoms with E-state index in [4.69, 9.17) is 9.84 Å². The maximum Gasteiger partial charge on any atom is 0.198 e. The van der Waals surface area contributed by atoms with Gasteiger partial charge in [0, 0.05) is 18.2 Å². The first-order valence-electron chi connectivity index (χ1n) is 11.7. The average Bonchev–Trinajstić information content (AvgIpc) is 3.30. The third-order valence-corrected chi connectivity index (χ3v) is 5.99. The number of amidine groups is 1. The topological polar surface area (TPSA) is 45.1 Å². The largest absolute Gasteiger partial charge is 0.488 e. The predicted octanol–water partition coefficient (Wildman–Crippen LogP) is 6.50. The van der Waals surface area contributed by atoms with Crippen LogP contribution in [0.15, 0.2) is 114 Å². The first kappa shape index (κ1) is 22.4. The second kappa shape index (κ2) is 9.85. The molecule has 0 aromatic heterocycles. The third kappa shape index (κ3) is 4.66. The molecule has 0 N–H and O–H groups in total. The lowest BCUT2D eigenvalue weighted by molar-refractivity contribution is -0.111. The Balaban J connectivity index is 1.62. The van der Waals surface area contributed by atoms with Crippen LogP contribution in [-0.4, -0.2) is 11.6 Å². The molecule has 0 bridgehead atoms. The number of anilines is 2. The summed E-state index contributed by atoms with van der Waals surface area (Å²) in [5.41, 5.74) is 4.95. The van der Waals surface area contributed by atoms with Crippen molar-refractivity contribution in [3.05, 3.63) is 126 Å². The number of benzene rings is 4. The van der Waals surface area contributed by atoms with Gasteiger partial charge in [-0.25, -0.2) is 5.01 Å². The number of rotatable bonds is 7. The van der Waals surface area contributed by atoms with Gasteiger partial charge in [-0.3, -0.25) is 9.69 Å². The summed E-state index contributed by atoms with van der Waals surface area (Å²) in [6, 6.07) is 36.1. The highest BCUT2D eigenvalue weighted by Gasteiger charge is 2.40. The van der Waals surface area contributed by atoms with E-state index in [1.54, 1.807) is 6.92 Å². The van der Waals surface area contributed by atoms with Crippen LogP contribution in [0.1, 0.15) is 29.8 Å². The number of aryl methyl sites for hydroxylation is 1. The number of para-hydroxylation sites is 2. The quantitative estimate of drug-likeness (QED) is 0.315. The highest BCUT2D eigenvalue weighted by Crippen LogP contribution is 2.42. The van der Waals surface area contributed by atoms with Crippen LogP contribution < -0.4 is 14.6 Å². The van der Waals surface area contributed by atoms with Gasteiger partial charge in [-0.05, 0) is 42.8 Å². The predicted molar refractivity (Wildman–Crippen MR) is 141 cm³/mol. The Bertz CT molecular complexity index is 1340. The van der Waals surface area contributed by atoms with E-state index in [1.165, 1.54) is 0 Å². The highest BCUT2D eigenvalue weighted by atomic mass is 16.5. The van der Waals surface area contributed by atoms with Crippen LogP contribution in [0, 0.1) is 6.92 Å². The minimum atomic E-state index is -0.397. The molecule has 0 saturated heterocycles. The molecule has 0 aliphatic carbocycles. The lowest BCUT2D eigenvalue weighted by atomic mass is 10.1. The lowest BCUT2D eigenvalue weighted by Gasteiger charge is -2.33. The standard InChI is InChI=1S/C30H27N3O2/c1-22-17-19-25(20-18-22)32-29(23(2)34)31-33(26-13-7-4-8-14-26)30(32)27-15-9-10-16-28(27)35-21-24-11-5-3-6-12-24/h3-20,30H,21H2,1-2H3/t30-/m1/s1. The number of ether oxygens (including phenoxy) is 1. The molecule has 0 unspecified atom stereocenters. The SMILES string of the molecule is CC(=O)C1=NN(c2ccccc2)[C@H](c2ccccc2OCc2ccccc2)N1c1ccc(C)cc1. The molecule has 0 radical (unpaired) electrons. The van der Waals surface area contributed by atoms with E-state index in [1.807, 2.05) is 126 Å². The molecule has 0 saturated carbocycles. The number of hydrogen-bond donors (Lipinski definition) is 0. The second-order valence-electron chi connectivity index (χ2n) is 8.55. The monoisotopic (exact) mass is 461 g/mol. The van der Waals surface area contributed by atoms with E-state index >= 15 is 0 Å². The van der Waals surface area contributed by atoms with E-state index in [0.717, 1.165) is 33.8 Å². The van der Waals surface area contributed by atoms with Gasteiger partial charge in [-0.1, -0.05) is 84.4 Å². The third-order valence-electron chi connectivity index (χ3n) is 5.99. The fraction of sp³-hybridized carbons (Fsp3) is 0.133. The van der Waals surface area contributed by atoms with E-state index in [0.29, 0.717) is 12.4 Å². The number of ketones is 1.